The minimum Gasteiger partial charge on any atom is -0.387 e. The van der Waals surface area contributed by atoms with Crippen LogP contribution in [0.1, 0.15) is 23.1 Å². The van der Waals surface area contributed by atoms with Gasteiger partial charge >= 0.3 is 6.03 Å². The van der Waals surface area contributed by atoms with Gasteiger partial charge in [0.05, 0.1) is 5.60 Å². The zero-order valence-electron chi connectivity index (χ0n) is 12.7. The maximum Gasteiger partial charge on any atom is 0.314 e. The summed E-state index contributed by atoms with van der Waals surface area (Å²) < 4.78 is 0. The molecule has 0 bridgehead atoms. The van der Waals surface area contributed by atoms with Gasteiger partial charge in [-0.3, -0.25) is 0 Å². The molecule has 5 heteroatoms. The van der Waals surface area contributed by atoms with Crippen LogP contribution < -0.4 is 10.6 Å². The number of carbonyl (C=O) groups excluding carboxylic acids is 1. The molecule has 1 unspecified atom stereocenters. The van der Waals surface area contributed by atoms with E-state index in [4.69, 9.17) is 0 Å². The fraction of sp³-hybridized carbons (Fsp3) is 0.562. The summed E-state index contributed by atoms with van der Waals surface area (Å²) in [5.74, 6) is 1.67. The number of urea groups is 1. The molecule has 0 saturated carbocycles. The first kappa shape index (κ1) is 16.2. The fourth-order valence-electron chi connectivity index (χ4n) is 2.58. The van der Waals surface area contributed by atoms with Crippen LogP contribution in [0.25, 0.3) is 0 Å². The number of aliphatic hydroxyl groups is 1. The van der Waals surface area contributed by atoms with Crippen molar-refractivity contribution in [1.82, 2.24) is 10.6 Å². The van der Waals surface area contributed by atoms with Gasteiger partial charge in [-0.05, 0) is 38.0 Å². The standard InChI is InChI=1S/C16H24N2O2S/c1-12-7-13(2)9-14(8-12)3-5-17-15(19)18-10-16(20)4-6-21-11-16/h7-9,20H,3-6,10-11H2,1-2H3,(H2,17,18,19). The molecular weight excluding hydrogens is 284 g/mol. The molecule has 2 amide bonds. The number of aryl methyl sites for hydroxylation is 2. The third kappa shape index (κ3) is 5.25. The maximum atomic E-state index is 11.7. The summed E-state index contributed by atoms with van der Waals surface area (Å²) in [6.07, 6.45) is 1.57. The predicted molar refractivity (Wildman–Crippen MR) is 87.9 cm³/mol. The van der Waals surface area contributed by atoms with E-state index in [0.717, 1.165) is 18.6 Å². The highest BCUT2D eigenvalue weighted by Crippen LogP contribution is 2.26. The van der Waals surface area contributed by atoms with Gasteiger partial charge in [-0.25, -0.2) is 4.79 Å². The third-order valence-corrected chi connectivity index (χ3v) is 4.88. The smallest absolute Gasteiger partial charge is 0.314 e. The second-order valence-electron chi connectivity index (χ2n) is 5.88. The highest BCUT2D eigenvalue weighted by atomic mass is 32.2. The normalized spacial score (nSPS) is 21.3. The average molecular weight is 308 g/mol. The molecular formula is C16H24N2O2S. The van der Waals surface area contributed by atoms with Gasteiger partial charge in [-0.1, -0.05) is 29.3 Å². The Bertz CT molecular complexity index is 479. The van der Waals surface area contributed by atoms with Crippen LogP contribution in [0.4, 0.5) is 4.79 Å². The Morgan fingerprint density at radius 2 is 2.00 bits per heavy atom. The second kappa shape index (κ2) is 7.18. The molecule has 2 rings (SSSR count). The largest absolute Gasteiger partial charge is 0.387 e. The van der Waals surface area contributed by atoms with Crippen LogP contribution in [0.3, 0.4) is 0 Å². The van der Waals surface area contributed by atoms with E-state index < -0.39 is 5.60 Å². The summed E-state index contributed by atoms with van der Waals surface area (Å²) in [6, 6.07) is 6.23. The molecule has 1 aromatic carbocycles. The first-order chi connectivity index (χ1) is 9.97. The molecule has 21 heavy (non-hydrogen) atoms. The molecule has 1 atom stereocenters. The van der Waals surface area contributed by atoms with E-state index in [0.29, 0.717) is 18.8 Å². The molecule has 1 aliphatic heterocycles. The topological polar surface area (TPSA) is 61.4 Å². The number of hydrogen-bond acceptors (Lipinski definition) is 3. The van der Waals surface area contributed by atoms with Gasteiger partial charge in [0, 0.05) is 18.8 Å². The van der Waals surface area contributed by atoms with Crippen molar-refractivity contribution in [2.24, 2.45) is 0 Å². The average Bonchev–Trinajstić information content (AvgIpc) is 2.83. The van der Waals surface area contributed by atoms with Crippen LogP contribution in [-0.4, -0.2) is 41.3 Å². The van der Waals surface area contributed by atoms with Crippen LogP contribution >= 0.6 is 11.8 Å². The van der Waals surface area contributed by atoms with Crippen molar-refractivity contribution in [3.05, 3.63) is 34.9 Å². The fourth-order valence-corrected chi connectivity index (χ4v) is 3.87. The lowest BCUT2D eigenvalue weighted by Crippen LogP contribution is -2.46. The molecule has 0 aliphatic carbocycles. The van der Waals surface area contributed by atoms with E-state index in [1.54, 1.807) is 11.8 Å². The predicted octanol–water partition coefficient (Wildman–Crippen LogP) is 2.01. The SMILES string of the molecule is Cc1cc(C)cc(CCNC(=O)NCC2(O)CCSC2)c1. The van der Waals surface area contributed by atoms with Crippen molar-refractivity contribution in [2.45, 2.75) is 32.3 Å². The van der Waals surface area contributed by atoms with Crippen molar-refractivity contribution >= 4 is 17.8 Å². The Morgan fingerprint density at radius 3 is 2.62 bits per heavy atom. The number of carbonyl (C=O) groups is 1. The van der Waals surface area contributed by atoms with E-state index in [1.165, 1.54) is 16.7 Å². The second-order valence-corrected chi connectivity index (χ2v) is 6.99. The van der Waals surface area contributed by atoms with E-state index in [9.17, 15) is 9.90 Å². The maximum absolute atomic E-state index is 11.7. The summed E-state index contributed by atoms with van der Waals surface area (Å²) >= 11 is 1.73. The lowest BCUT2D eigenvalue weighted by molar-refractivity contribution is 0.0700. The minimum absolute atomic E-state index is 0.204. The number of rotatable bonds is 5. The Morgan fingerprint density at radius 1 is 1.29 bits per heavy atom. The number of amides is 2. The highest BCUT2D eigenvalue weighted by Gasteiger charge is 2.31. The van der Waals surface area contributed by atoms with Crippen molar-refractivity contribution in [3.8, 4) is 0 Å². The highest BCUT2D eigenvalue weighted by molar-refractivity contribution is 7.99. The number of benzene rings is 1. The van der Waals surface area contributed by atoms with Crippen LogP contribution in [-0.2, 0) is 6.42 Å². The van der Waals surface area contributed by atoms with Gasteiger partial charge in [-0.15, -0.1) is 0 Å². The number of nitrogens with one attached hydrogen (secondary N) is 2. The quantitative estimate of drug-likeness (QED) is 0.780. The van der Waals surface area contributed by atoms with Crippen molar-refractivity contribution in [3.63, 3.8) is 0 Å². The van der Waals surface area contributed by atoms with Crippen LogP contribution in [0.5, 0.6) is 0 Å². The molecule has 1 heterocycles. The Balaban J connectivity index is 1.69. The molecule has 0 aromatic heterocycles. The van der Waals surface area contributed by atoms with Gasteiger partial charge in [0.2, 0.25) is 0 Å². The molecule has 4 nitrogen and oxygen atoms in total. The van der Waals surface area contributed by atoms with Crippen molar-refractivity contribution in [2.75, 3.05) is 24.6 Å². The first-order valence-electron chi connectivity index (χ1n) is 7.36. The molecule has 0 spiro atoms. The van der Waals surface area contributed by atoms with E-state index >= 15 is 0 Å². The molecule has 1 saturated heterocycles. The van der Waals surface area contributed by atoms with Gasteiger partial charge in [0.25, 0.3) is 0 Å². The lowest BCUT2D eigenvalue weighted by atomic mass is 10.0. The summed E-state index contributed by atoms with van der Waals surface area (Å²) in [6.45, 7) is 5.09. The summed E-state index contributed by atoms with van der Waals surface area (Å²) in [5.41, 5.74) is 3.00. The Kier molecular flexibility index (Phi) is 5.53. The Hall–Kier alpha value is -1.20. The molecule has 3 N–H and O–H groups in total. The summed E-state index contributed by atoms with van der Waals surface area (Å²) in [7, 11) is 0. The molecule has 0 radical (unpaired) electrons. The monoisotopic (exact) mass is 308 g/mol. The molecule has 1 aromatic rings. The zero-order valence-corrected chi connectivity index (χ0v) is 13.6. The lowest BCUT2D eigenvalue weighted by Gasteiger charge is -2.21. The van der Waals surface area contributed by atoms with Gasteiger partial charge in [-0.2, -0.15) is 11.8 Å². The Labute approximate surface area is 130 Å². The molecule has 116 valence electrons. The summed E-state index contributed by atoms with van der Waals surface area (Å²) in [5, 5.41) is 15.7. The van der Waals surface area contributed by atoms with E-state index in [2.05, 4.69) is 42.7 Å². The van der Waals surface area contributed by atoms with Gasteiger partial charge in [0.15, 0.2) is 0 Å². The zero-order chi connectivity index (χ0) is 15.3. The number of hydrogen-bond donors (Lipinski definition) is 3. The molecule has 1 aliphatic rings. The van der Waals surface area contributed by atoms with E-state index in [1.807, 2.05) is 0 Å². The number of thioether (sulfide) groups is 1. The van der Waals surface area contributed by atoms with Crippen LogP contribution in [0, 0.1) is 13.8 Å². The molecule has 1 fully saturated rings. The summed E-state index contributed by atoms with van der Waals surface area (Å²) in [4.78, 5) is 11.7. The van der Waals surface area contributed by atoms with Gasteiger partial charge in [0.1, 0.15) is 0 Å². The van der Waals surface area contributed by atoms with Crippen LogP contribution in [0.15, 0.2) is 18.2 Å². The minimum atomic E-state index is -0.727. The van der Waals surface area contributed by atoms with E-state index in [-0.39, 0.29) is 6.03 Å². The third-order valence-electron chi connectivity index (χ3n) is 3.64. The van der Waals surface area contributed by atoms with Crippen molar-refractivity contribution in [1.29, 1.82) is 0 Å². The van der Waals surface area contributed by atoms with Crippen molar-refractivity contribution < 1.29 is 9.90 Å². The van der Waals surface area contributed by atoms with Gasteiger partial charge < -0.3 is 15.7 Å². The van der Waals surface area contributed by atoms with Crippen LogP contribution in [0.2, 0.25) is 0 Å². The first-order valence-corrected chi connectivity index (χ1v) is 8.51.